The van der Waals surface area contributed by atoms with Crippen LogP contribution in [0.3, 0.4) is 0 Å². The first kappa shape index (κ1) is 24.5. The Morgan fingerprint density at radius 3 is 2.16 bits per heavy atom. The Morgan fingerprint density at radius 1 is 0.938 bits per heavy atom. The van der Waals surface area contributed by atoms with Crippen molar-refractivity contribution in [3.63, 3.8) is 0 Å². The molecule has 8 nitrogen and oxygen atoms in total. The van der Waals surface area contributed by atoms with Crippen LogP contribution < -0.4 is 5.32 Å². The van der Waals surface area contributed by atoms with Crippen LogP contribution in [0.15, 0.2) is 53.4 Å². The molecule has 0 radical (unpaired) electrons. The van der Waals surface area contributed by atoms with Crippen LogP contribution in [0.2, 0.25) is 10.0 Å². The van der Waals surface area contributed by atoms with Crippen LogP contribution in [-0.4, -0.2) is 80.7 Å². The Bertz CT molecular complexity index is 1090. The molecule has 0 aromatic heterocycles. The molecule has 0 spiro atoms. The van der Waals surface area contributed by atoms with E-state index < -0.39 is 10.0 Å². The molecule has 2 amide bonds. The van der Waals surface area contributed by atoms with Gasteiger partial charge in [0.1, 0.15) is 4.90 Å². The molecule has 0 bridgehead atoms. The zero-order valence-corrected chi connectivity index (χ0v) is 19.8. The highest BCUT2D eigenvalue weighted by atomic mass is 35.5. The number of hydrogen-bond donors (Lipinski definition) is 1. The van der Waals surface area contributed by atoms with Crippen LogP contribution in [0.5, 0.6) is 0 Å². The molecule has 0 atom stereocenters. The summed E-state index contributed by atoms with van der Waals surface area (Å²) in [5.41, 5.74) is 0.509. The number of hydrogen-bond acceptors (Lipinski definition) is 5. The molecule has 0 aliphatic carbocycles. The lowest BCUT2D eigenvalue weighted by Crippen LogP contribution is -2.52. The molecule has 172 valence electrons. The second-order valence-corrected chi connectivity index (χ2v) is 10.1. The van der Waals surface area contributed by atoms with E-state index in [-0.39, 0.29) is 61.0 Å². The number of para-hydroxylation sites is 1. The molecule has 3 rings (SSSR count). The molecule has 0 saturated carbocycles. The molecule has 1 heterocycles. The van der Waals surface area contributed by atoms with Gasteiger partial charge in [-0.25, -0.2) is 8.42 Å². The van der Waals surface area contributed by atoms with Crippen LogP contribution in [0.1, 0.15) is 0 Å². The third-order valence-electron chi connectivity index (χ3n) is 5.01. The number of amides is 2. The fraction of sp³-hybridized carbons (Fsp3) is 0.333. The van der Waals surface area contributed by atoms with Crippen molar-refractivity contribution < 1.29 is 18.0 Å². The van der Waals surface area contributed by atoms with E-state index in [2.05, 4.69) is 5.32 Å². The maximum atomic E-state index is 12.8. The average Bonchev–Trinajstić information content (AvgIpc) is 2.75. The number of likely N-dealkylation sites (N-methyl/N-ethyl adjacent to an activating group) is 1. The minimum Gasteiger partial charge on any atom is -0.339 e. The molecular weight excluding hydrogens is 475 g/mol. The van der Waals surface area contributed by atoms with Gasteiger partial charge < -0.3 is 10.2 Å². The van der Waals surface area contributed by atoms with Gasteiger partial charge in [-0.1, -0.05) is 47.5 Å². The summed E-state index contributed by atoms with van der Waals surface area (Å²) >= 11 is 12.1. The second-order valence-electron chi connectivity index (χ2n) is 7.42. The Labute approximate surface area is 197 Å². The number of nitrogens with one attached hydrogen (secondary N) is 1. The van der Waals surface area contributed by atoms with E-state index in [1.165, 1.54) is 16.4 Å². The molecule has 32 heavy (non-hydrogen) atoms. The average molecular weight is 499 g/mol. The zero-order valence-electron chi connectivity index (χ0n) is 17.5. The Balaban J connectivity index is 1.49. The van der Waals surface area contributed by atoms with Gasteiger partial charge in [-0.15, -0.1) is 0 Å². The van der Waals surface area contributed by atoms with Crippen molar-refractivity contribution in [2.24, 2.45) is 0 Å². The minimum atomic E-state index is -3.72. The standard InChI is InChI=1S/C21H24Cl2N4O4S/c1-25(14-20(28)24-18-8-4-2-6-16(18)22)15-21(29)26-10-12-27(13-11-26)32(30,31)19-9-5-3-7-17(19)23/h2-9H,10-15H2,1H3,(H,24,28). The number of rotatable bonds is 7. The molecule has 1 fully saturated rings. The van der Waals surface area contributed by atoms with Crippen molar-refractivity contribution in [1.82, 2.24) is 14.1 Å². The number of anilines is 1. The zero-order chi connectivity index (χ0) is 23.3. The number of benzene rings is 2. The summed E-state index contributed by atoms with van der Waals surface area (Å²) in [5.74, 6) is -0.461. The summed E-state index contributed by atoms with van der Waals surface area (Å²) in [6, 6.07) is 13.2. The van der Waals surface area contributed by atoms with Crippen LogP contribution >= 0.6 is 23.2 Å². The molecular formula is C21H24Cl2N4O4S. The van der Waals surface area contributed by atoms with Crippen molar-refractivity contribution in [2.45, 2.75) is 4.90 Å². The van der Waals surface area contributed by atoms with Crippen molar-refractivity contribution in [1.29, 1.82) is 0 Å². The summed E-state index contributed by atoms with van der Waals surface area (Å²) in [6.45, 7) is 0.932. The molecule has 1 aliphatic heterocycles. The van der Waals surface area contributed by atoms with E-state index in [4.69, 9.17) is 23.2 Å². The van der Waals surface area contributed by atoms with Gasteiger partial charge in [0.05, 0.1) is 28.8 Å². The van der Waals surface area contributed by atoms with E-state index in [1.54, 1.807) is 53.2 Å². The molecule has 1 N–H and O–H groups in total. The fourth-order valence-electron chi connectivity index (χ4n) is 3.36. The monoisotopic (exact) mass is 498 g/mol. The second kappa shape index (κ2) is 10.6. The maximum absolute atomic E-state index is 12.8. The van der Waals surface area contributed by atoms with Gasteiger partial charge in [0.15, 0.2) is 0 Å². The van der Waals surface area contributed by atoms with Crippen LogP contribution in [0.4, 0.5) is 5.69 Å². The largest absolute Gasteiger partial charge is 0.339 e. The number of carbonyl (C=O) groups is 2. The third-order valence-corrected chi connectivity index (χ3v) is 7.74. The van der Waals surface area contributed by atoms with E-state index in [0.717, 1.165) is 0 Å². The smallest absolute Gasteiger partial charge is 0.244 e. The SMILES string of the molecule is CN(CC(=O)Nc1ccccc1Cl)CC(=O)N1CCN(S(=O)(=O)c2ccccc2Cl)CC1. The summed E-state index contributed by atoms with van der Waals surface area (Å²) < 4.78 is 27.0. The summed E-state index contributed by atoms with van der Waals surface area (Å²) in [4.78, 5) is 28.1. The highest BCUT2D eigenvalue weighted by Crippen LogP contribution is 2.25. The molecule has 2 aromatic carbocycles. The van der Waals surface area contributed by atoms with Gasteiger partial charge >= 0.3 is 0 Å². The van der Waals surface area contributed by atoms with Gasteiger partial charge in [0.2, 0.25) is 21.8 Å². The quantitative estimate of drug-likeness (QED) is 0.632. The van der Waals surface area contributed by atoms with Gasteiger partial charge in [-0.3, -0.25) is 14.5 Å². The maximum Gasteiger partial charge on any atom is 0.244 e. The highest BCUT2D eigenvalue weighted by molar-refractivity contribution is 7.89. The van der Waals surface area contributed by atoms with E-state index >= 15 is 0 Å². The number of sulfonamides is 1. The number of nitrogens with zero attached hydrogens (tertiary/aromatic N) is 3. The van der Waals surface area contributed by atoms with Crippen molar-refractivity contribution in [2.75, 3.05) is 51.6 Å². The lowest BCUT2D eigenvalue weighted by atomic mass is 10.3. The first-order valence-electron chi connectivity index (χ1n) is 9.94. The van der Waals surface area contributed by atoms with E-state index in [1.807, 2.05) is 0 Å². The van der Waals surface area contributed by atoms with Crippen molar-refractivity contribution in [3.05, 3.63) is 58.6 Å². The minimum absolute atomic E-state index is 0.0117. The van der Waals surface area contributed by atoms with Gasteiger partial charge in [-0.05, 0) is 31.3 Å². The number of halogens is 2. The third kappa shape index (κ3) is 5.99. The van der Waals surface area contributed by atoms with Gasteiger partial charge in [0.25, 0.3) is 0 Å². The van der Waals surface area contributed by atoms with Crippen molar-refractivity contribution in [3.8, 4) is 0 Å². The Kier molecular flexibility index (Phi) is 8.13. The van der Waals surface area contributed by atoms with Gasteiger partial charge in [0, 0.05) is 26.2 Å². The molecule has 1 aliphatic rings. The number of piperazine rings is 1. The van der Waals surface area contributed by atoms with Gasteiger partial charge in [-0.2, -0.15) is 4.31 Å². The highest BCUT2D eigenvalue weighted by Gasteiger charge is 2.31. The molecule has 2 aromatic rings. The lowest BCUT2D eigenvalue weighted by molar-refractivity contribution is -0.133. The van der Waals surface area contributed by atoms with Crippen LogP contribution in [0, 0.1) is 0 Å². The Morgan fingerprint density at radius 2 is 1.53 bits per heavy atom. The first-order chi connectivity index (χ1) is 15.2. The normalized spacial score (nSPS) is 15.1. The molecule has 11 heteroatoms. The van der Waals surface area contributed by atoms with E-state index in [0.29, 0.717) is 10.7 Å². The fourth-order valence-corrected chi connectivity index (χ4v) is 5.45. The summed E-state index contributed by atoms with van der Waals surface area (Å²) in [6.07, 6.45) is 0. The molecule has 0 unspecified atom stereocenters. The van der Waals surface area contributed by atoms with Crippen molar-refractivity contribution >= 4 is 50.7 Å². The van der Waals surface area contributed by atoms with Crippen LogP contribution in [0.25, 0.3) is 0 Å². The summed E-state index contributed by atoms with van der Waals surface area (Å²) in [5, 5.41) is 3.32. The Hall–Kier alpha value is -2.17. The molecule has 1 saturated heterocycles. The topological polar surface area (TPSA) is 90.0 Å². The first-order valence-corrected chi connectivity index (χ1v) is 12.1. The summed E-state index contributed by atoms with van der Waals surface area (Å²) in [7, 11) is -2.06. The van der Waals surface area contributed by atoms with Crippen LogP contribution in [-0.2, 0) is 19.6 Å². The lowest BCUT2D eigenvalue weighted by Gasteiger charge is -2.34. The number of carbonyl (C=O) groups excluding carboxylic acids is 2. The predicted octanol–water partition coefficient (Wildman–Crippen LogP) is 2.40. The van der Waals surface area contributed by atoms with E-state index in [9.17, 15) is 18.0 Å². The predicted molar refractivity (Wildman–Crippen MR) is 124 cm³/mol.